The van der Waals surface area contributed by atoms with Crippen LogP contribution in [0.2, 0.25) is 0 Å². The summed E-state index contributed by atoms with van der Waals surface area (Å²) in [5.41, 5.74) is 7.21. The van der Waals surface area contributed by atoms with Gasteiger partial charge in [-0.2, -0.15) is 0 Å². The molecule has 0 atom stereocenters. The van der Waals surface area contributed by atoms with Crippen molar-refractivity contribution in [1.29, 1.82) is 0 Å². The predicted octanol–water partition coefficient (Wildman–Crippen LogP) is 1.02. The number of likely N-dealkylation sites (N-methyl/N-ethyl adjacent to an activating group) is 1. The number of nitrogens with zero attached hydrogens (tertiary/aromatic N) is 4. The van der Waals surface area contributed by atoms with Crippen LogP contribution in [0.15, 0.2) is 12.1 Å². The van der Waals surface area contributed by atoms with Crippen LogP contribution in [0.4, 0.5) is 17.3 Å². The topological polar surface area (TPSA) is 48.6 Å². The van der Waals surface area contributed by atoms with E-state index in [9.17, 15) is 0 Å². The zero-order valence-electron chi connectivity index (χ0n) is 11.7. The van der Waals surface area contributed by atoms with Gasteiger partial charge >= 0.3 is 0 Å². The lowest BCUT2D eigenvalue weighted by Gasteiger charge is -2.34. The lowest BCUT2D eigenvalue weighted by atomic mass is 10.2. The molecule has 3 rings (SSSR count). The lowest BCUT2D eigenvalue weighted by molar-refractivity contribution is 0.313. The van der Waals surface area contributed by atoms with Crippen molar-refractivity contribution >= 4 is 17.3 Å². The SMILES string of the molecule is CN1CCN(c2cc(N)nc(N3CCCC3)c2)CC1. The van der Waals surface area contributed by atoms with Gasteiger partial charge in [-0.05, 0) is 19.9 Å². The molecule has 2 aliphatic heterocycles. The highest BCUT2D eigenvalue weighted by molar-refractivity contribution is 5.61. The van der Waals surface area contributed by atoms with Crippen molar-refractivity contribution in [3.8, 4) is 0 Å². The molecule has 2 saturated heterocycles. The number of nitrogen functional groups attached to an aromatic ring is 1. The Balaban J connectivity index is 1.80. The van der Waals surface area contributed by atoms with Gasteiger partial charge in [0.1, 0.15) is 11.6 Å². The summed E-state index contributed by atoms with van der Waals surface area (Å²) in [6, 6.07) is 4.21. The zero-order chi connectivity index (χ0) is 13.2. The monoisotopic (exact) mass is 261 g/mol. The van der Waals surface area contributed by atoms with E-state index in [1.165, 1.54) is 18.5 Å². The third-order valence-corrected chi connectivity index (χ3v) is 4.11. The van der Waals surface area contributed by atoms with E-state index in [-0.39, 0.29) is 0 Å². The molecule has 1 aromatic rings. The van der Waals surface area contributed by atoms with Crippen molar-refractivity contribution in [2.45, 2.75) is 12.8 Å². The Hall–Kier alpha value is -1.49. The highest BCUT2D eigenvalue weighted by atomic mass is 15.3. The standard InChI is InChI=1S/C14H23N5/c1-17-6-8-18(9-7-17)12-10-13(15)16-14(11-12)19-4-2-3-5-19/h10-11H,2-9H2,1H3,(H2,15,16). The molecule has 1 aromatic heterocycles. The average molecular weight is 261 g/mol. The van der Waals surface area contributed by atoms with Crippen LogP contribution in [0, 0.1) is 0 Å². The van der Waals surface area contributed by atoms with Crippen molar-refractivity contribution < 1.29 is 0 Å². The summed E-state index contributed by atoms with van der Waals surface area (Å²) >= 11 is 0. The van der Waals surface area contributed by atoms with E-state index in [0.717, 1.165) is 45.1 Å². The van der Waals surface area contributed by atoms with Gasteiger partial charge in [0.2, 0.25) is 0 Å². The fourth-order valence-corrected chi connectivity index (χ4v) is 2.88. The molecule has 5 nitrogen and oxygen atoms in total. The lowest BCUT2D eigenvalue weighted by Crippen LogP contribution is -2.44. The van der Waals surface area contributed by atoms with E-state index >= 15 is 0 Å². The molecule has 0 saturated carbocycles. The fraction of sp³-hybridized carbons (Fsp3) is 0.643. The van der Waals surface area contributed by atoms with Crippen LogP contribution in [0.1, 0.15) is 12.8 Å². The smallest absolute Gasteiger partial charge is 0.133 e. The summed E-state index contributed by atoms with van der Waals surface area (Å²) in [6.07, 6.45) is 2.53. The van der Waals surface area contributed by atoms with Crippen LogP contribution >= 0.6 is 0 Å². The van der Waals surface area contributed by atoms with Crippen molar-refractivity contribution in [3.63, 3.8) is 0 Å². The molecule has 5 heteroatoms. The van der Waals surface area contributed by atoms with E-state index in [1.54, 1.807) is 0 Å². The van der Waals surface area contributed by atoms with Gasteiger partial charge < -0.3 is 20.4 Å². The number of nitrogens with two attached hydrogens (primary N) is 1. The van der Waals surface area contributed by atoms with E-state index < -0.39 is 0 Å². The van der Waals surface area contributed by atoms with Crippen molar-refractivity contribution in [2.75, 3.05) is 61.8 Å². The Morgan fingerprint density at radius 1 is 0.947 bits per heavy atom. The van der Waals surface area contributed by atoms with Crippen LogP contribution in [-0.2, 0) is 0 Å². The Kier molecular flexibility index (Phi) is 3.46. The first-order chi connectivity index (χ1) is 9.22. The summed E-state index contributed by atoms with van der Waals surface area (Å²) in [6.45, 7) is 6.58. The van der Waals surface area contributed by atoms with Crippen LogP contribution in [0.25, 0.3) is 0 Å². The number of hydrogen-bond acceptors (Lipinski definition) is 5. The van der Waals surface area contributed by atoms with E-state index in [0.29, 0.717) is 5.82 Å². The third kappa shape index (κ3) is 2.76. The van der Waals surface area contributed by atoms with Gasteiger partial charge in [-0.25, -0.2) is 4.98 Å². The maximum Gasteiger partial charge on any atom is 0.133 e. The Morgan fingerprint density at radius 2 is 1.63 bits per heavy atom. The van der Waals surface area contributed by atoms with Crippen LogP contribution in [0.3, 0.4) is 0 Å². The third-order valence-electron chi connectivity index (χ3n) is 4.11. The Labute approximate surface area is 115 Å². The normalized spacial score (nSPS) is 21.1. The van der Waals surface area contributed by atoms with Crippen LogP contribution in [0.5, 0.6) is 0 Å². The van der Waals surface area contributed by atoms with Gasteiger partial charge in [0.05, 0.1) is 0 Å². The maximum atomic E-state index is 5.99. The molecule has 0 radical (unpaired) electrons. The van der Waals surface area contributed by atoms with Gasteiger partial charge in [0.15, 0.2) is 0 Å². The highest BCUT2D eigenvalue weighted by Crippen LogP contribution is 2.26. The van der Waals surface area contributed by atoms with E-state index in [4.69, 9.17) is 5.73 Å². The summed E-state index contributed by atoms with van der Waals surface area (Å²) in [5, 5.41) is 0. The molecular weight excluding hydrogens is 238 g/mol. The molecule has 104 valence electrons. The van der Waals surface area contributed by atoms with Gasteiger partial charge in [-0.15, -0.1) is 0 Å². The molecule has 2 fully saturated rings. The first-order valence-corrected chi connectivity index (χ1v) is 7.18. The minimum absolute atomic E-state index is 0.637. The number of rotatable bonds is 2. The Morgan fingerprint density at radius 3 is 2.32 bits per heavy atom. The molecule has 2 aliphatic rings. The van der Waals surface area contributed by atoms with Crippen molar-refractivity contribution in [2.24, 2.45) is 0 Å². The number of pyridine rings is 1. The first-order valence-electron chi connectivity index (χ1n) is 7.18. The molecule has 2 N–H and O–H groups in total. The van der Waals surface area contributed by atoms with Gasteiger partial charge in [-0.1, -0.05) is 0 Å². The van der Waals surface area contributed by atoms with Crippen LogP contribution < -0.4 is 15.5 Å². The molecule has 0 amide bonds. The predicted molar refractivity (Wildman–Crippen MR) is 79.8 cm³/mol. The summed E-state index contributed by atoms with van der Waals surface area (Å²) in [5.74, 6) is 1.68. The average Bonchev–Trinajstić information content (AvgIpc) is 2.93. The number of hydrogen-bond donors (Lipinski definition) is 1. The number of anilines is 3. The fourth-order valence-electron chi connectivity index (χ4n) is 2.88. The quantitative estimate of drug-likeness (QED) is 0.861. The van der Waals surface area contributed by atoms with Crippen LogP contribution in [-0.4, -0.2) is 56.2 Å². The van der Waals surface area contributed by atoms with E-state index in [1.807, 2.05) is 6.07 Å². The summed E-state index contributed by atoms with van der Waals surface area (Å²) < 4.78 is 0. The second kappa shape index (κ2) is 5.25. The number of piperazine rings is 1. The maximum absolute atomic E-state index is 5.99. The second-order valence-corrected chi connectivity index (χ2v) is 5.59. The molecule has 0 unspecified atom stereocenters. The minimum atomic E-state index is 0.637. The molecular formula is C14H23N5. The largest absolute Gasteiger partial charge is 0.384 e. The molecule has 0 aliphatic carbocycles. The first kappa shape index (κ1) is 12.5. The molecule has 19 heavy (non-hydrogen) atoms. The van der Waals surface area contributed by atoms with Crippen molar-refractivity contribution in [3.05, 3.63) is 12.1 Å². The van der Waals surface area contributed by atoms with Crippen molar-refractivity contribution in [1.82, 2.24) is 9.88 Å². The minimum Gasteiger partial charge on any atom is -0.384 e. The van der Waals surface area contributed by atoms with Gasteiger partial charge in [-0.3, -0.25) is 0 Å². The van der Waals surface area contributed by atoms with Gasteiger partial charge in [0, 0.05) is 57.1 Å². The highest BCUT2D eigenvalue weighted by Gasteiger charge is 2.18. The van der Waals surface area contributed by atoms with Gasteiger partial charge in [0.25, 0.3) is 0 Å². The Bertz CT molecular complexity index is 433. The molecule has 3 heterocycles. The number of aromatic nitrogens is 1. The summed E-state index contributed by atoms with van der Waals surface area (Å²) in [7, 11) is 2.17. The summed E-state index contributed by atoms with van der Waals surface area (Å²) in [4.78, 5) is 11.6. The molecule has 0 bridgehead atoms. The molecule has 0 aromatic carbocycles. The zero-order valence-corrected chi connectivity index (χ0v) is 11.7. The molecule has 0 spiro atoms. The second-order valence-electron chi connectivity index (χ2n) is 5.59. The van der Waals surface area contributed by atoms with E-state index in [2.05, 4.69) is 32.8 Å².